The summed E-state index contributed by atoms with van der Waals surface area (Å²) in [6.45, 7) is 5.79. The molecule has 154 valence electrons. The van der Waals surface area contributed by atoms with Gasteiger partial charge in [0.1, 0.15) is 24.9 Å². The molecule has 0 radical (unpaired) electrons. The molecule has 1 aliphatic heterocycles. The molecule has 1 aliphatic rings. The van der Waals surface area contributed by atoms with E-state index >= 15 is 0 Å². The van der Waals surface area contributed by atoms with Crippen LogP contribution in [0, 0.1) is 0 Å². The van der Waals surface area contributed by atoms with Crippen LogP contribution in [0.4, 0.5) is 5.95 Å². The molecule has 3 atom stereocenters. The number of aromatic nitrogens is 4. The highest BCUT2D eigenvalue weighted by Crippen LogP contribution is 2.36. The van der Waals surface area contributed by atoms with E-state index in [9.17, 15) is 19.2 Å². The molecular formula is C17H20N6O6. The van der Waals surface area contributed by atoms with Crippen LogP contribution in [0.2, 0.25) is 0 Å². The Labute approximate surface area is 164 Å². The molecule has 0 saturated carbocycles. The summed E-state index contributed by atoms with van der Waals surface area (Å²) in [6.07, 6.45) is 1.10. The van der Waals surface area contributed by atoms with Crippen molar-refractivity contribution < 1.29 is 23.9 Å². The summed E-state index contributed by atoms with van der Waals surface area (Å²) < 4.78 is 11.9. The first-order chi connectivity index (χ1) is 13.7. The van der Waals surface area contributed by atoms with E-state index < -0.39 is 41.7 Å². The van der Waals surface area contributed by atoms with Crippen molar-refractivity contribution in [3.05, 3.63) is 29.3 Å². The second-order valence-corrected chi connectivity index (χ2v) is 6.46. The molecule has 0 aromatic carbocycles. The quantitative estimate of drug-likeness (QED) is 0.493. The first-order valence-corrected chi connectivity index (χ1v) is 8.70. The highest BCUT2D eigenvalue weighted by atomic mass is 16.6. The number of carbonyl (C=O) groups excluding carboxylic acids is 3. The molecule has 1 fully saturated rings. The van der Waals surface area contributed by atoms with E-state index in [1.165, 1.54) is 29.6 Å². The number of imidazole rings is 1. The zero-order chi connectivity index (χ0) is 21.3. The van der Waals surface area contributed by atoms with Crippen LogP contribution in [0.25, 0.3) is 11.2 Å². The van der Waals surface area contributed by atoms with Crippen LogP contribution in [0.3, 0.4) is 0 Å². The van der Waals surface area contributed by atoms with Crippen LogP contribution in [0.1, 0.15) is 26.4 Å². The standard InChI is InChI=1S/C17H20N6O6/c1-4-13(26)23-10(6-28-8(2)24)11(29-9(3)25)5-12(23)22-7-19-14-15(22)20-17(18)21-16(14)27/h4,7,10-12H,1,5-6H2,2-3H3,(H3,18,20,21,27)/t10-,11+,12-/m1/s1. The Hall–Kier alpha value is -3.70. The van der Waals surface area contributed by atoms with Gasteiger partial charge in [0.05, 0.1) is 6.33 Å². The van der Waals surface area contributed by atoms with E-state index in [4.69, 9.17) is 15.2 Å². The summed E-state index contributed by atoms with van der Waals surface area (Å²) in [4.78, 5) is 59.5. The number of nitrogen functional groups attached to an aromatic ring is 1. The maximum absolute atomic E-state index is 12.7. The molecule has 3 rings (SSSR count). The Bertz CT molecular complexity index is 1040. The lowest BCUT2D eigenvalue weighted by Crippen LogP contribution is -2.45. The van der Waals surface area contributed by atoms with Gasteiger partial charge in [0.25, 0.3) is 5.56 Å². The van der Waals surface area contributed by atoms with Crippen molar-refractivity contribution in [2.75, 3.05) is 12.3 Å². The molecule has 29 heavy (non-hydrogen) atoms. The number of anilines is 1. The maximum Gasteiger partial charge on any atom is 0.302 e. The van der Waals surface area contributed by atoms with Gasteiger partial charge in [-0.3, -0.25) is 28.7 Å². The maximum atomic E-state index is 12.7. The molecule has 12 nitrogen and oxygen atoms in total. The van der Waals surface area contributed by atoms with Crippen molar-refractivity contribution in [3.63, 3.8) is 0 Å². The summed E-state index contributed by atoms with van der Waals surface area (Å²) in [5, 5.41) is 0. The van der Waals surface area contributed by atoms with E-state index in [1.807, 2.05) is 0 Å². The Kier molecular flexibility index (Phi) is 5.35. The normalized spacial score (nSPS) is 21.2. The molecule has 0 spiro atoms. The number of fused-ring (bicyclic) bond motifs is 1. The highest BCUT2D eigenvalue weighted by Gasteiger charge is 2.47. The highest BCUT2D eigenvalue weighted by molar-refractivity contribution is 5.88. The number of H-pyrrole nitrogens is 1. The fourth-order valence-electron chi connectivity index (χ4n) is 3.43. The average molecular weight is 404 g/mol. The second-order valence-electron chi connectivity index (χ2n) is 6.46. The van der Waals surface area contributed by atoms with Crippen LogP contribution in [-0.4, -0.2) is 61.0 Å². The topological polar surface area (TPSA) is 162 Å². The lowest BCUT2D eigenvalue weighted by Gasteiger charge is -2.30. The summed E-state index contributed by atoms with van der Waals surface area (Å²) in [5.74, 6) is -1.70. The molecule has 3 N–H and O–H groups in total. The fourth-order valence-corrected chi connectivity index (χ4v) is 3.43. The number of hydrogen-bond donors (Lipinski definition) is 2. The number of ether oxygens (including phenoxy) is 2. The number of nitrogens with zero attached hydrogens (tertiary/aromatic N) is 4. The van der Waals surface area contributed by atoms with Gasteiger partial charge in [0.2, 0.25) is 11.9 Å². The van der Waals surface area contributed by atoms with Gasteiger partial charge in [-0.1, -0.05) is 6.58 Å². The lowest BCUT2D eigenvalue weighted by molar-refractivity contribution is -0.153. The number of rotatable bonds is 5. The molecule has 0 aliphatic carbocycles. The minimum absolute atomic E-state index is 0.0395. The van der Waals surface area contributed by atoms with E-state index in [0.29, 0.717) is 0 Å². The van der Waals surface area contributed by atoms with Crippen molar-refractivity contribution >= 4 is 35.0 Å². The van der Waals surface area contributed by atoms with E-state index in [1.54, 1.807) is 0 Å². The molecule has 12 heteroatoms. The van der Waals surface area contributed by atoms with E-state index in [2.05, 4.69) is 21.5 Å². The van der Waals surface area contributed by atoms with Crippen LogP contribution in [0.5, 0.6) is 0 Å². The molecule has 1 saturated heterocycles. The summed E-state index contributed by atoms with van der Waals surface area (Å²) >= 11 is 0. The molecule has 1 amide bonds. The average Bonchev–Trinajstić information content (AvgIpc) is 3.20. The number of nitrogens with two attached hydrogens (primary N) is 1. The first kappa shape index (κ1) is 20.0. The minimum atomic E-state index is -0.768. The van der Waals surface area contributed by atoms with Crippen molar-refractivity contribution in [1.29, 1.82) is 0 Å². The van der Waals surface area contributed by atoms with Crippen LogP contribution < -0.4 is 11.3 Å². The zero-order valence-corrected chi connectivity index (χ0v) is 15.8. The number of nitrogens with one attached hydrogen (secondary N) is 1. The van der Waals surface area contributed by atoms with Crippen molar-refractivity contribution in [3.8, 4) is 0 Å². The predicted octanol–water partition coefficient (Wildman–Crippen LogP) is -0.518. The number of aromatic amines is 1. The number of amides is 1. The lowest BCUT2D eigenvalue weighted by atomic mass is 10.1. The van der Waals surface area contributed by atoms with Crippen LogP contribution in [-0.2, 0) is 23.9 Å². The van der Waals surface area contributed by atoms with Crippen molar-refractivity contribution in [2.24, 2.45) is 0 Å². The van der Waals surface area contributed by atoms with Gasteiger partial charge >= 0.3 is 11.9 Å². The predicted molar refractivity (Wildman–Crippen MR) is 99.2 cm³/mol. The van der Waals surface area contributed by atoms with E-state index in [-0.39, 0.29) is 30.1 Å². The minimum Gasteiger partial charge on any atom is -0.464 e. The smallest absolute Gasteiger partial charge is 0.302 e. The molecular weight excluding hydrogens is 384 g/mol. The van der Waals surface area contributed by atoms with Gasteiger partial charge in [-0.15, -0.1) is 0 Å². The molecule has 0 bridgehead atoms. The third-order valence-electron chi connectivity index (χ3n) is 4.53. The number of likely N-dealkylation sites (tertiary alicyclic amines) is 1. The van der Waals surface area contributed by atoms with Gasteiger partial charge in [-0.2, -0.15) is 4.98 Å². The summed E-state index contributed by atoms with van der Waals surface area (Å²) in [5.41, 5.74) is 5.31. The van der Waals surface area contributed by atoms with Gasteiger partial charge in [0.15, 0.2) is 11.2 Å². The third kappa shape index (κ3) is 3.81. The third-order valence-corrected chi connectivity index (χ3v) is 4.53. The van der Waals surface area contributed by atoms with Gasteiger partial charge in [0, 0.05) is 20.3 Å². The number of carbonyl (C=O) groups is 3. The molecule has 2 aromatic rings. The Morgan fingerprint density at radius 3 is 2.72 bits per heavy atom. The van der Waals surface area contributed by atoms with Crippen LogP contribution in [0.15, 0.2) is 23.8 Å². The zero-order valence-electron chi connectivity index (χ0n) is 15.8. The van der Waals surface area contributed by atoms with Crippen molar-refractivity contribution in [1.82, 2.24) is 24.4 Å². The monoisotopic (exact) mass is 404 g/mol. The largest absolute Gasteiger partial charge is 0.464 e. The SMILES string of the molecule is C=CC(=O)N1[C@H](COC(C)=O)[C@@H](OC(C)=O)C[C@@H]1n1cnc2c(=O)[nH]c(N)nc21. The summed E-state index contributed by atoms with van der Waals surface area (Å²) in [6, 6.07) is -0.768. The van der Waals surface area contributed by atoms with Gasteiger partial charge < -0.3 is 20.1 Å². The molecule has 2 aromatic heterocycles. The Morgan fingerprint density at radius 2 is 2.10 bits per heavy atom. The summed E-state index contributed by atoms with van der Waals surface area (Å²) in [7, 11) is 0. The molecule has 0 unspecified atom stereocenters. The number of esters is 2. The van der Waals surface area contributed by atoms with Gasteiger partial charge in [-0.25, -0.2) is 4.98 Å². The van der Waals surface area contributed by atoms with Crippen LogP contribution >= 0.6 is 0 Å². The molecule has 3 heterocycles. The Morgan fingerprint density at radius 1 is 1.38 bits per heavy atom. The first-order valence-electron chi connectivity index (χ1n) is 8.70. The van der Waals surface area contributed by atoms with E-state index in [0.717, 1.165) is 6.08 Å². The fraction of sp³-hybridized carbons (Fsp3) is 0.412. The number of hydrogen-bond acceptors (Lipinski definition) is 9. The Balaban J connectivity index is 2.09. The van der Waals surface area contributed by atoms with Gasteiger partial charge in [-0.05, 0) is 6.08 Å². The van der Waals surface area contributed by atoms with Crippen molar-refractivity contribution in [2.45, 2.75) is 38.6 Å². The second kappa shape index (κ2) is 7.73.